The van der Waals surface area contributed by atoms with Gasteiger partial charge in [-0.25, -0.2) is 0 Å². The molecule has 100 valence electrons. The molecule has 2 aromatic rings. The van der Waals surface area contributed by atoms with Crippen LogP contribution in [0.2, 0.25) is 0 Å². The smallest absolute Gasteiger partial charge is 0.254 e. The highest BCUT2D eigenvalue weighted by molar-refractivity contribution is 9.10. The molecule has 0 bridgehead atoms. The van der Waals surface area contributed by atoms with Crippen LogP contribution in [0.1, 0.15) is 20.9 Å². The molecule has 2 aromatic heterocycles. The molecule has 0 aliphatic heterocycles. The maximum atomic E-state index is 12.3. The van der Waals surface area contributed by atoms with Crippen molar-refractivity contribution in [1.29, 1.82) is 0 Å². The topological polar surface area (TPSA) is 59.2 Å². The van der Waals surface area contributed by atoms with Crippen molar-refractivity contribution in [2.45, 2.75) is 13.1 Å². The van der Waals surface area contributed by atoms with Crippen molar-refractivity contribution in [1.82, 2.24) is 9.88 Å². The number of rotatable bonds is 4. The Kier molecular flexibility index (Phi) is 4.68. The second-order valence-electron chi connectivity index (χ2n) is 4.13. The molecule has 0 saturated heterocycles. The molecule has 0 aliphatic rings. The Morgan fingerprint density at radius 1 is 1.53 bits per heavy atom. The van der Waals surface area contributed by atoms with Crippen molar-refractivity contribution in [2.24, 2.45) is 5.73 Å². The van der Waals surface area contributed by atoms with Gasteiger partial charge in [0, 0.05) is 40.1 Å². The molecule has 0 atom stereocenters. The van der Waals surface area contributed by atoms with E-state index < -0.39 is 0 Å². The van der Waals surface area contributed by atoms with E-state index >= 15 is 0 Å². The van der Waals surface area contributed by atoms with Gasteiger partial charge in [0.1, 0.15) is 0 Å². The number of halogens is 1. The number of pyridine rings is 1. The number of nitrogens with two attached hydrogens (primary N) is 1. The molecule has 2 rings (SSSR count). The molecule has 1 amide bonds. The summed E-state index contributed by atoms with van der Waals surface area (Å²) in [6.45, 7) is 0.929. The van der Waals surface area contributed by atoms with E-state index in [0.29, 0.717) is 18.7 Å². The Morgan fingerprint density at radius 3 is 2.95 bits per heavy atom. The van der Waals surface area contributed by atoms with Gasteiger partial charge in [0.15, 0.2) is 0 Å². The van der Waals surface area contributed by atoms with Crippen LogP contribution in [0.4, 0.5) is 0 Å². The molecule has 0 radical (unpaired) electrons. The van der Waals surface area contributed by atoms with E-state index in [2.05, 4.69) is 20.9 Å². The van der Waals surface area contributed by atoms with Gasteiger partial charge in [0.25, 0.3) is 5.91 Å². The van der Waals surface area contributed by atoms with Gasteiger partial charge < -0.3 is 10.6 Å². The van der Waals surface area contributed by atoms with E-state index in [1.165, 1.54) is 0 Å². The zero-order valence-corrected chi connectivity index (χ0v) is 12.9. The highest BCUT2D eigenvalue weighted by Crippen LogP contribution is 2.21. The molecule has 0 saturated carbocycles. The second-order valence-corrected chi connectivity index (χ2v) is 6.04. The molecule has 4 nitrogen and oxygen atoms in total. The van der Waals surface area contributed by atoms with Gasteiger partial charge in [-0.3, -0.25) is 9.78 Å². The third kappa shape index (κ3) is 3.62. The summed E-state index contributed by atoms with van der Waals surface area (Å²) in [5, 5.41) is 2.01. The first kappa shape index (κ1) is 14.2. The fraction of sp³-hybridized carbons (Fsp3) is 0.231. The van der Waals surface area contributed by atoms with Crippen molar-refractivity contribution in [3.8, 4) is 0 Å². The Bertz CT molecular complexity index is 585. The number of carbonyl (C=O) groups is 1. The standard InChI is InChI=1S/C13H14BrN3OS/c1-17(7-12-5-10(14)8-19-12)13(18)9-2-3-16-11(4-9)6-15/h2-5,8H,6-7,15H2,1H3. The molecule has 0 unspecified atom stereocenters. The number of nitrogens with zero attached hydrogens (tertiary/aromatic N) is 2. The fourth-order valence-electron chi connectivity index (χ4n) is 1.69. The monoisotopic (exact) mass is 339 g/mol. The predicted octanol–water partition coefficient (Wildman–Crippen LogP) is 2.64. The van der Waals surface area contributed by atoms with E-state index in [0.717, 1.165) is 15.0 Å². The van der Waals surface area contributed by atoms with E-state index in [1.54, 1.807) is 41.6 Å². The Hall–Kier alpha value is -1.24. The highest BCUT2D eigenvalue weighted by Gasteiger charge is 2.13. The van der Waals surface area contributed by atoms with Crippen molar-refractivity contribution in [3.63, 3.8) is 0 Å². The summed E-state index contributed by atoms with van der Waals surface area (Å²) >= 11 is 5.03. The lowest BCUT2D eigenvalue weighted by Gasteiger charge is -2.16. The zero-order chi connectivity index (χ0) is 13.8. The van der Waals surface area contributed by atoms with E-state index in [1.807, 2.05) is 11.4 Å². The van der Waals surface area contributed by atoms with Gasteiger partial charge in [-0.1, -0.05) is 0 Å². The molecule has 0 aliphatic carbocycles. The third-order valence-electron chi connectivity index (χ3n) is 2.63. The lowest BCUT2D eigenvalue weighted by Crippen LogP contribution is -2.26. The summed E-state index contributed by atoms with van der Waals surface area (Å²) in [5.74, 6) is -0.0263. The summed E-state index contributed by atoms with van der Waals surface area (Å²) in [6.07, 6.45) is 1.62. The van der Waals surface area contributed by atoms with Crippen LogP contribution in [-0.2, 0) is 13.1 Å². The molecule has 0 spiro atoms. The number of hydrogen-bond donors (Lipinski definition) is 1. The Balaban J connectivity index is 2.09. The van der Waals surface area contributed by atoms with E-state index in [-0.39, 0.29) is 5.91 Å². The first-order valence-electron chi connectivity index (χ1n) is 5.73. The Labute approximate surface area is 124 Å². The average Bonchev–Trinajstić information content (AvgIpc) is 2.83. The summed E-state index contributed by atoms with van der Waals surface area (Å²) in [6, 6.07) is 5.47. The highest BCUT2D eigenvalue weighted by atomic mass is 79.9. The van der Waals surface area contributed by atoms with Gasteiger partial charge in [-0.15, -0.1) is 11.3 Å². The Morgan fingerprint density at radius 2 is 2.32 bits per heavy atom. The maximum absolute atomic E-state index is 12.3. The SMILES string of the molecule is CN(Cc1cc(Br)cs1)C(=O)c1ccnc(CN)c1. The molecule has 2 N–H and O–H groups in total. The third-order valence-corrected chi connectivity index (χ3v) is 4.32. The second kappa shape index (κ2) is 6.27. The van der Waals surface area contributed by atoms with Gasteiger partial charge >= 0.3 is 0 Å². The van der Waals surface area contributed by atoms with Crippen molar-refractivity contribution < 1.29 is 4.79 Å². The van der Waals surface area contributed by atoms with Crippen LogP contribution < -0.4 is 5.73 Å². The minimum absolute atomic E-state index is 0.0263. The van der Waals surface area contributed by atoms with Crippen molar-refractivity contribution in [2.75, 3.05) is 7.05 Å². The summed E-state index contributed by atoms with van der Waals surface area (Å²) < 4.78 is 1.04. The number of aromatic nitrogens is 1. The normalized spacial score (nSPS) is 10.5. The van der Waals surface area contributed by atoms with Crippen LogP contribution in [0.15, 0.2) is 34.2 Å². The fourth-order valence-corrected chi connectivity index (χ4v) is 3.19. The van der Waals surface area contributed by atoms with Gasteiger partial charge in [0.2, 0.25) is 0 Å². The minimum Gasteiger partial charge on any atom is -0.337 e. The van der Waals surface area contributed by atoms with Crippen LogP contribution >= 0.6 is 27.3 Å². The molecule has 2 heterocycles. The van der Waals surface area contributed by atoms with Gasteiger partial charge in [-0.05, 0) is 34.1 Å². The van der Waals surface area contributed by atoms with Gasteiger partial charge in [-0.2, -0.15) is 0 Å². The van der Waals surface area contributed by atoms with Crippen LogP contribution in [0.5, 0.6) is 0 Å². The molecule has 6 heteroatoms. The molecular formula is C13H14BrN3OS. The largest absolute Gasteiger partial charge is 0.337 e. The molecular weight excluding hydrogens is 326 g/mol. The zero-order valence-electron chi connectivity index (χ0n) is 10.5. The quantitative estimate of drug-likeness (QED) is 0.931. The number of carbonyl (C=O) groups excluding carboxylic acids is 1. The lowest BCUT2D eigenvalue weighted by molar-refractivity contribution is 0.0786. The maximum Gasteiger partial charge on any atom is 0.254 e. The van der Waals surface area contributed by atoms with Crippen molar-refractivity contribution in [3.05, 3.63) is 50.4 Å². The molecule has 0 fully saturated rings. The summed E-state index contributed by atoms with van der Waals surface area (Å²) in [7, 11) is 1.79. The van der Waals surface area contributed by atoms with Crippen LogP contribution in [0.25, 0.3) is 0 Å². The number of thiophene rings is 1. The average molecular weight is 340 g/mol. The van der Waals surface area contributed by atoms with Crippen LogP contribution in [0.3, 0.4) is 0 Å². The van der Waals surface area contributed by atoms with Crippen molar-refractivity contribution >= 4 is 33.2 Å². The van der Waals surface area contributed by atoms with E-state index in [4.69, 9.17) is 5.73 Å². The number of hydrogen-bond acceptors (Lipinski definition) is 4. The summed E-state index contributed by atoms with van der Waals surface area (Å²) in [4.78, 5) is 19.2. The number of amides is 1. The predicted molar refractivity (Wildman–Crippen MR) is 79.9 cm³/mol. The van der Waals surface area contributed by atoms with Crippen LogP contribution in [0, 0.1) is 0 Å². The molecule has 0 aromatic carbocycles. The van der Waals surface area contributed by atoms with Gasteiger partial charge in [0.05, 0.1) is 12.2 Å². The van der Waals surface area contributed by atoms with Crippen LogP contribution in [-0.4, -0.2) is 22.8 Å². The summed E-state index contributed by atoms with van der Waals surface area (Å²) in [5.41, 5.74) is 6.87. The minimum atomic E-state index is -0.0263. The van der Waals surface area contributed by atoms with E-state index in [9.17, 15) is 4.79 Å². The first-order valence-corrected chi connectivity index (χ1v) is 7.41. The lowest BCUT2D eigenvalue weighted by atomic mass is 10.2. The molecule has 19 heavy (non-hydrogen) atoms. The first-order chi connectivity index (χ1) is 9.10.